The van der Waals surface area contributed by atoms with Crippen molar-refractivity contribution in [3.63, 3.8) is 0 Å². The van der Waals surface area contributed by atoms with Gasteiger partial charge in [-0.3, -0.25) is 9.59 Å². The molecular weight excluding hydrogens is 272 g/mol. The predicted octanol–water partition coefficient (Wildman–Crippen LogP) is 4.89. The van der Waals surface area contributed by atoms with E-state index in [0.717, 1.165) is 44.0 Å². The highest BCUT2D eigenvalue weighted by Gasteiger charge is 2.54. The molecule has 0 amide bonds. The van der Waals surface area contributed by atoms with Gasteiger partial charge < -0.3 is 0 Å². The maximum absolute atomic E-state index is 12.3. The van der Waals surface area contributed by atoms with E-state index < -0.39 is 0 Å². The molecule has 122 valence electrons. The van der Waals surface area contributed by atoms with Crippen molar-refractivity contribution in [1.82, 2.24) is 0 Å². The van der Waals surface area contributed by atoms with Gasteiger partial charge in [0.05, 0.1) is 0 Å². The maximum Gasteiger partial charge on any atom is 0.142 e. The zero-order chi connectivity index (χ0) is 16.5. The van der Waals surface area contributed by atoms with E-state index in [1.165, 1.54) is 5.57 Å². The molecule has 0 spiro atoms. The number of hydrogen-bond donors (Lipinski definition) is 0. The molecule has 0 saturated heterocycles. The second-order valence-electron chi connectivity index (χ2n) is 8.38. The summed E-state index contributed by atoms with van der Waals surface area (Å²) in [5, 5.41) is 0. The molecule has 2 rings (SSSR count). The fraction of sp³-hybridized carbons (Fsp3) is 0.700. The van der Waals surface area contributed by atoms with Crippen LogP contribution in [0.3, 0.4) is 0 Å². The van der Waals surface area contributed by atoms with Crippen molar-refractivity contribution in [2.45, 2.75) is 66.2 Å². The van der Waals surface area contributed by atoms with Gasteiger partial charge in [-0.1, -0.05) is 38.5 Å². The fourth-order valence-electron chi connectivity index (χ4n) is 5.30. The van der Waals surface area contributed by atoms with Crippen LogP contribution in [-0.4, -0.2) is 12.1 Å². The van der Waals surface area contributed by atoms with Crippen molar-refractivity contribution < 1.29 is 9.59 Å². The molecule has 0 bridgehead atoms. The summed E-state index contributed by atoms with van der Waals surface area (Å²) < 4.78 is 0. The second-order valence-corrected chi connectivity index (χ2v) is 8.38. The topological polar surface area (TPSA) is 34.1 Å². The molecule has 2 aliphatic rings. The summed E-state index contributed by atoms with van der Waals surface area (Å²) in [4.78, 5) is 23.0. The summed E-state index contributed by atoms with van der Waals surface area (Å²) in [5.74, 6) is 1.39. The summed E-state index contributed by atoms with van der Waals surface area (Å²) >= 11 is 0. The Morgan fingerprint density at radius 3 is 2.64 bits per heavy atom. The minimum absolute atomic E-state index is 0.0373. The van der Waals surface area contributed by atoms with Crippen molar-refractivity contribution in [3.8, 4) is 0 Å². The number of Topliss-reactive ketones (excluding diaryl/α,β-unsaturated/α-hetero) is 1. The zero-order valence-corrected chi connectivity index (χ0v) is 14.6. The number of allylic oxidation sites excluding steroid dienone is 3. The van der Waals surface area contributed by atoms with Crippen LogP contribution < -0.4 is 0 Å². The van der Waals surface area contributed by atoms with Gasteiger partial charge in [-0.05, 0) is 61.3 Å². The third-order valence-corrected chi connectivity index (χ3v) is 6.19. The first-order chi connectivity index (χ1) is 10.2. The molecule has 0 unspecified atom stereocenters. The molecule has 2 fully saturated rings. The average molecular weight is 302 g/mol. The smallest absolute Gasteiger partial charge is 0.142 e. The van der Waals surface area contributed by atoms with E-state index in [9.17, 15) is 9.59 Å². The quantitative estimate of drug-likeness (QED) is 0.421. The molecule has 3 atom stereocenters. The van der Waals surface area contributed by atoms with Crippen molar-refractivity contribution in [2.24, 2.45) is 22.7 Å². The number of fused-ring (bicyclic) bond motifs is 1. The molecular formula is C20H30O2. The Labute approximate surface area is 135 Å². The standard InChI is InChI=1S/C20H30O2/c1-14(10-11-21)6-8-17-15(2)7-9-18-19(3,4)12-16(22)13-20(17,18)5/h10-11,17-18H,2,6-9,12-13H2,1,3-5H3/b14-10+/t17-,18-,20+/m1/s1. The van der Waals surface area contributed by atoms with E-state index in [1.807, 2.05) is 6.92 Å². The largest absolute Gasteiger partial charge is 0.300 e. The van der Waals surface area contributed by atoms with Crippen molar-refractivity contribution >= 4 is 12.1 Å². The lowest BCUT2D eigenvalue weighted by Gasteiger charge is -2.57. The van der Waals surface area contributed by atoms with Crippen LogP contribution in [0.5, 0.6) is 0 Å². The molecule has 2 aliphatic carbocycles. The number of aldehydes is 1. The molecule has 22 heavy (non-hydrogen) atoms. The van der Waals surface area contributed by atoms with E-state index >= 15 is 0 Å². The highest BCUT2D eigenvalue weighted by atomic mass is 16.1. The van der Waals surface area contributed by atoms with Crippen LogP contribution in [0.25, 0.3) is 0 Å². The van der Waals surface area contributed by atoms with Crippen LogP contribution in [0, 0.1) is 22.7 Å². The summed E-state index contributed by atoms with van der Waals surface area (Å²) in [6.45, 7) is 13.2. The van der Waals surface area contributed by atoms with Crippen molar-refractivity contribution in [2.75, 3.05) is 0 Å². The third kappa shape index (κ3) is 3.11. The maximum atomic E-state index is 12.3. The summed E-state index contributed by atoms with van der Waals surface area (Å²) in [5.41, 5.74) is 2.56. The number of carbonyl (C=O) groups is 2. The average Bonchev–Trinajstić information content (AvgIpc) is 2.35. The molecule has 2 nitrogen and oxygen atoms in total. The number of hydrogen-bond acceptors (Lipinski definition) is 2. The van der Waals surface area contributed by atoms with Crippen LogP contribution in [-0.2, 0) is 9.59 Å². The van der Waals surface area contributed by atoms with E-state index in [0.29, 0.717) is 24.0 Å². The Balaban J connectivity index is 2.26. The van der Waals surface area contributed by atoms with Gasteiger partial charge in [-0.2, -0.15) is 0 Å². The minimum atomic E-state index is 0.0373. The lowest BCUT2D eigenvalue weighted by Crippen LogP contribution is -2.52. The van der Waals surface area contributed by atoms with Gasteiger partial charge in [-0.25, -0.2) is 0 Å². The van der Waals surface area contributed by atoms with Crippen LogP contribution in [0.1, 0.15) is 66.2 Å². The van der Waals surface area contributed by atoms with Gasteiger partial charge in [0.2, 0.25) is 0 Å². The van der Waals surface area contributed by atoms with E-state index in [2.05, 4.69) is 27.4 Å². The van der Waals surface area contributed by atoms with Crippen molar-refractivity contribution in [3.05, 3.63) is 23.8 Å². The van der Waals surface area contributed by atoms with Crippen LogP contribution in [0.4, 0.5) is 0 Å². The molecule has 2 heteroatoms. The minimum Gasteiger partial charge on any atom is -0.300 e. The normalized spacial score (nSPS) is 35.2. The van der Waals surface area contributed by atoms with E-state index in [-0.39, 0.29) is 10.8 Å². The molecule has 0 radical (unpaired) electrons. The van der Waals surface area contributed by atoms with Gasteiger partial charge in [0.1, 0.15) is 12.1 Å². The van der Waals surface area contributed by atoms with Gasteiger partial charge >= 0.3 is 0 Å². The van der Waals surface area contributed by atoms with Gasteiger partial charge in [0, 0.05) is 12.8 Å². The molecule has 2 saturated carbocycles. The summed E-state index contributed by atoms with van der Waals surface area (Å²) in [6.07, 6.45) is 8.10. The van der Waals surface area contributed by atoms with E-state index in [4.69, 9.17) is 0 Å². The first kappa shape index (κ1) is 17.2. The lowest BCUT2D eigenvalue weighted by atomic mass is 9.47. The van der Waals surface area contributed by atoms with Gasteiger partial charge in [-0.15, -0.1) is 0 Å². The Hall–Kier alpha value is -1.18. The summed E-state index contributed by atoms with van der Waals surface area (Å²) in [6, 6.07) is 0. The highest BCUT2D eigenvalue weighted by molar-refractivity contribution is 5.81. The molecule has 0 N–H and O–H groups in total. The molecule has 0 aromatic rings. The van der Waals surface area contributed by atoms with Crippen LogP contribution >= 0.6 is 0 Å². The Bertz CT molecular complexity index is 512. The highest BCUT2D eigenvalue weighted by Crippen LogP contribution is 2.60. The number of rotatable bonds is 4. The van der Waals surface area contributed by atoms with Gasteiger partial charge in [0.15, 0.2) is 0 Å². The first-order valence-corrected chi connectivity index (χ1v) is 8.51. The van der Waals surface area contributed by atoms with Crippen LogP contribution in [0.2, 0.25) is 0 Å². The Morgan fingerprint density at radius 1 is 1.32 bits per heavy atom. The van der Waals surface area contributed by atoms with Gasteiger partial charge in [0.25, 0.3) is 0 Å². The Kier molecular flexibility index (Phi) is 4.79. The SMILES string of the molecule is C=C1CC[C@@H]2C(C)(C)CC(=O)C[C@@]2(C)[C@@H]1CC/C(C)=C/C=O. The van der Waals surface area contributed by atoms with Crippen LogP contribution in [0.15, 0.2) is 23.8 Å². The van der Waals surface area contributed by atoms with E-state index in [1.54, 1.807) is 6.08 Å². The molecule has 0 aliphatic heterocycles. The predicted molar refractivity (Wildman–Crippen MR) is 90.5 cm³/mol. The summed E-state index contributed by atoms with van der Waals surface area (Å²) in [7, 11) is 0. The molecule has 0 aromatic carbocycles. The second kappa shape index (κ2) is 6.14. The lowest BCUT2D eigenvalue weighted by molar-refractivity contribution is -0.138. The van der Waals surface area contributed by atoms with Crippen molar-refractivity contribution in [1.29, 1.82) is 0 Å². The zero-order valence-electron chi connectivity index (χ0n) is 14.6. The fourth-order valence-corrected chi connectivity index (χ4v) is 5.30. The number of ketones is 1. The monoisotopic (exact) mass is 302 g/mol. The third-order valence-electron chi connectivity index (χ3n) is 6.19. The molecule has 0 aromatic heterocycles. The molecule has 0 heterocycles. The Morgan fingerprint density at radius 2 is 2.00 bits per heavy atom. The number of carbonyl (C=O) groups excluding carboxylic acids is 2. The first-order valence-electron chi connectivity index (χ1n) is 8.51.